The average molecular weight is 521 g/mol. The van der Waals surface area contributed by atoms with Crippen molar-refractivity contribution in [3.05, 3.63) is 89.4 Å². The van der Waals surface area contributed by atoms with Crippen LogP contribution in [0.5, 0.6) is 11.5 Å². The van der Waals surface area contributed by atoms with Crippen molar-refractivity contribution in [3.63, 3.8) is 0 Å². The fourth-order valence-electron chi connectivity index (χ4n) is 3.60. The zero-order valence-corrected chi connectivity index (χ0v) is 21.6. The van der Waals surface area contributed by atoms with E-state index in [0.717, 1.165) is 15.7 Å². The van der Waals surface area contributed by atoms with Gasteiger partial charge in [0.2, 0.25) is 5.91 Å². The molecule has 1 unspecified atom stereocenters. The molecule has 0 radical (unpaired) electrons. The number of carbonyl (C=O) groups excluding carboxylic acids is 2. The number of halogens is 1. The summed E-state index contributed by atoms with van der Waals surface area (Å²) in [4.78, 5) is 26.4. The van der Waals surface area contributed by atoms with E-state index in [4.69, 9.17) is 21.1 Å². The maximum atomic E-state index is 12.8. The fraction of sp³-hybridized carbons (Fsp3) is 0.143. The van der Waals surface area contributed by atoms with Crippen molar-refractivity contribution < 1.29 is 19.1 Å². The Labute approximate surface area is 218 Å². The summed E-state index contributed by atoms with van der Waals surface area (Å²) in [5.41, 5.74) is 1.73. The Morgan fingerprint density at radius 3 is 2.22 bits per heavy atom. The van der Waals surface area contributed by atoms with Gasteiger partial charge in [0, 0.05) is 22.2 Å². The van der Waals surface area contributed by atoms with E-state index in [9.17, 15) is 9.59 Å². The van der Waals surface area contributed by atoms with Crippen molar-refractivity contribution in [1.29, 1.82) is 0 Å². The lowest BCUT2D eigenvalue weighted by molar-refractivity contribution is -0.115. The quantitative estimate of drug-likeness (QED) is 0.248. The number of hydrogen-bond donors (Lipinski definition) is 2. The second-order valence-electron chi connectivity index (χ2n) is 7.98. The lowest BCUT2D eigenvalue weighted by Gasteiger charge is -2.16. The van der Waals surface area contributed by atoms with E-state index in [1.165, 1.54) is 26.0 Å². The molecular formula is C28H25ClN2O4S. The molecule has 4 aromatic rings. The minimum atomic E-state index is -0.395. The van der Waals surface area contributed by atoms with Gasteiger partial charge in [0.15, 0.2) is 0 Å². The first-order valence-corrected chi connectivity index (χ1v) is 12.4. The number of thioether (sulfide) groups is 1. The van der Waals surface area contributed by atoms with Gasteiger partial charge in [-0.3, -0.25) is 9.59 Å². The Kier molecular flexibility index (Phi) is 8.03. The highest BCUT2D eigenvalue weighted by atomic mass is 35.5. The van der Waals surface area contributed by atoms with Gasteiger partial charge in [-0.15, -0.1) is 11.8 Å². The molecule has 0 aliphatic heterocycles. The molecule has 4 aromatic carbocycles. The molecule has 0 fully saturated rings. The van der Waals surface area contributed by atoms with Crippen molar-refractivity contribution in [2.75, 3.05) is 24.9 Å². The van der Waals surface area contributed by atoms with Crippen LogP contribution in [0.15, 0.2) is 83.8 Å². The van der Waals surface area contributed by atoms with Gasteiger partial charge >= 0.3 is 0 Å². The molecule has 2 amide bonds. The summed E-state index contributed by atoms with van der Waals surface area (Å²) in [6.45, 7) is 1.81. The van der Waals surface area contributed by atoms with Crippen LogP contribution in [0, 0.1) is 0 Å². The first-order valence-electron chi connectivity index (χ1n) is 11.2. The second-order valence-corrected chi connectivity index (χ2v) is 9.80. The van der Waals surface area contributed by atoms with Crippen molar-refractivity contribution in [2.24, 2.45) is 0 Å². The number of benzene rings is 4. The second kappa shape index (κ2) is 11.4. The summed E-state index contributed by atoms with van der Waals surface area (Å²) >= 11 is 7.60. The maximum absolute atomic E-state index is 12.8. The summed E-state index contributed by atoms with van der Waals surface area (Å²) < 4.78 is 10.5. The largest absolute Gasteiger partial charge is 0.495 e. The van der Waals surface area contributed by atoms with Crippen molar-refractivity contribution in [2.45, 2.75) is 17.1 Å². The molecule has 0 aliphatic carbocycles. The molecular weight excluding hydrogens is 496 g/mol. The number of hydrogen-bond acceptors (Lipinski definition) is 5. The van der Waals surface area contributed by atoms with Crippen molar-refractivity contribution in [3.8, 4) is 11.5 Å². The molecule has 0 aliphatic rings. The summed E-state index contributed by atoms with van der Waals surface area (Å²) in [6, 6.07) is 24.1. The van der Waals surface area contributed by atoms with Crippen LogP contribution >= 0.6 is 23.4 Å². The van der Waals surface area contributed by atoms with E-state index >= 15 is 0 Å². The van der Waals surface area contributed by atoms with Crippen LogP contribution in [0.3, 0.4) is 0 Å². The SMILES string of the molecule is COc1cc(OC)c(NC(=O)C(C)Sc2ccc(NC(=O)c3ccc4ccccc4c3)cc2)cc1Cl. The highest BCUT2D eigenvalue weighted by Gasteiger charge is 2.18. The Bertz CT molecular complexity index is 1410. The number of methoxy groups -OCH3 is 2. The minimum absolute atomic E-state index is 0.180. The Morgan fingerprint density at radius 2 is 1.53 bits per heavy atom. The van der Waals surface area contributed by atoms with Crippen LogP contribution in [0.2, 0.25) is 5.02 Å². The zero-order chi connectivity index (χ0) is 25.7. The third-order valence-electron chi connectivity index (χ3n) is 5.54. The van der Waals surface area contributed by atoms with E-state index in [0.29, 0.717) is 33.5 Å². The van der Waals surface area contributed by atoms with Crippen LogP contribution < -0.4 is 20.1 Å². The van der Waals surface area contributed by atoms with Gasteiger partial charge in [-0.05, 0) is 60.2 Å². The molecule has 8 heteroatoms. The molecule has 0 aromatic heterocycles. The summed E-state index contributed by atoms with van der Waals surface area (Å²) in [6.07, 6.45) is 0. The molecule has 4 rings (SSSR count). The number of amides is 2. The summed E-state index contributed by atoms with van der Waals surface area (Å²) in [7, 11) is 3.02. The van der Waals surface area contributed by atoms with Crippen molar-refractivity contribution >= 4 is 57.3 Å². The van der Waals surface area contributed by atoms with Gasteiger partial charge in [-0.1, -0.05) is 41.9 Å². The number of rotatable bonds is 8. The topological polar surface area (TPSA) is 76.7 Å². The van der Waals surface area contributed by atoms with E-state index in [-0.39, 0.29) is 11.8 Å². The molecule has 0 heterocycles. The Balaban J connectivity index is 1.37. The van der Waals surface area contributed by atoms with E-state index in [1.54, 1.807) is 12.1 Å². The highest BCUT2D eigenvalue weighted by molar-refractivity contribution is 8.00. The Morgan fingerprint density at radius 1 is 0.833 bits per heavy atom. The van der Waals surface area contributed by atoms with Gasteiger partial charge in [-0.25, -0.2) is 0 Å². The normalized spacial score (nSPS) is 11.6. The molecule has 2 N–H and O–H groups in total. The third kappa shape index (κ3) is 5.93. The number of fused-ring (bicyclic) bond motifs is 1. The van der Waals surface area contributed by atoms with Crippen LogP contribution in [-0.2, 0) is 4.79 Å². The zero-order valence-electron chi connectivity index (χ0n) is 20.0. The fourth-order valence-corrected chi connectivity index (χ4v) is 4.71. The number of anilines is 2. The molecule has 0 saturated heterocycles. The first kappa shape index (κ1) is 25.4. The molecule has 184 valence electrons. The van der Waals surface area contributed by atoms with Gasteiger partial charge in [0.05, 0.1) is 30.2 Å². The van der Waals surface area contributed by atoms with Gasteiger partial charge in [-0.2, -0.15) is 0 Å². The number of carbonyl (C=O) groups is 2. The van der Waals surface area contributed by atoms with Crippen LogP contribution in [0.1, 0.15) is 17.3 Å². The van der Waals surface area contributed by atoms with Gasteiger partial charge in [0.1, 0.15) is 11.5 Å². The molecule has 0 spiro atoms. The predicted octanol–water partition coefficient (Wildman–Crippen LogP) is 6.88. The monoisotopic (exact) mass is 520 g/mol. The first-order chi connectivity index (χ1) is 17.4. The van der Waals surface area contributed by atoms with E-state index in [1.807, 2.05) is 73.7 Å². The van der Waals surface area contributed by atoms with Gasteiger partial charge < -0.3 is 20.1 Å². The molecule has 0 bridgehead atoms. The Hall–Kier alpha value is -3.68. The number of ether oxygens (including phenoxy) is 2. The van der Waals surface area contributed by atoms with Gasteiger partial charge in [0.25, 0.3) is 5.91 Å². The summed E-state index contributed by atoms with van der Waals surface area (Å²) in [5.74, 6) is 0.532. The van der Waals surface area contributed by atoms with Crippen LogP contribution in [0.4, 0.5) is 11.4 Å². The third-order valence-corrected chi connectivity index (χ3v) is 6.95. The maximum Gasteiger partial charge on any atom is 0.255 e. The average Bonchev–Trinajstić information content (AvgIpc) is 2.89. The standard InChI is InChI=1S/C28H25ClN2O4S/c1-17(27(32)31-24-15-23(29)25(34-2)16-26(24)35-3)36-22-12-10-21(11-13-22)30-28(33)20-9-8-18-6-4-5-7-19(18)14-20/h4-17H,1-3H3,(H,30,33)(H,31,32). The lowest BCUT2D eigenvalue weighted by atomic mass is 10.1. The highest BCUT2D eigenvalue weighted by Crippen LogP contribution is 2.36. The molecule has 6 nitrogen and oxygen atoms in total. The van der Waals surface area contributed by atoms with Crippen molar-refractivity contribution in [1.82, 2.24) is 0 Å². The molecule has 36 heavy (non-hydrogen) atoms. The molecule has 0 saturated carbocycles. The predicted molar refractivity (Wildman–Crippen MR) is 147 cm³/mol. The minimum Gasteiger partial charge on any atom is -0.495 e. The van der Waals surface area contributed by atoms with Crippen LogP contribution in [0.25, 0.3) is 10.8 Å². The van der Waals surface area contributed by atoms with Crippen LogP contribution in [-0.4, -0.2) is 31.3 Å². The molecule has 1 atom stereocenters. The number of nitrogens with one attached hydrogen (secondary N) is 2. The summed E-state index contributed by atoms with van der Waals surface area (Å²) in [5, 5.41) is 7.86. The van der Waals surface area contributed by atoms with E-state index < -0.39 is 5.25 Å². The van der Waals surface area contributed by atoms with E-state index in [2.05, 4.69) is 10.6 Å². The smallest absolute Gasteiger partial charge is 0.255 e. The lowest BCUT2D eigenvalue weighted by Crippen LogP contribution is -2.22.